The lowest BCUT2D eigenvalue weighted by molar-refractivity contribution is -0.219. The molecule has 17 heavy (non-hydrogen) atoms. The van der Waals surface area contributed by atoms with Crippen molar-refractivity contribution >= 4 is 0 Å². The Bertz CT molecular complexity index is 365. The molecule has 94 valence electrons. The molecular weight excluding hydrogens is 212 g/mol. The molecule has 1 fully saturated rings. The van der Waals surface area contributed by atoms with Gasteiger partial charge in [-0.15, -0.1) is 0 Å². The van der Waals surface area contributed by atoms with E-state index in [0.717, 1.165) is 19.4 Å². The van der Waals surface area contributed by atoms with Crippen LogP contribution in [0, 0.1) is 6.92 Å². The van der Waals surface area contributed by atoms with Crippen LogP contribution in [0.1, 0.15) is 44.2 Å². The molecule has 1 aliphatic heterocycles. The zero-order valence-corrected chi connectivity index (χ0v) is 11.0. The van der Waals surface area contributed by atoms with Crippen molar-refractivity contribution in [1.29, 1.82) is 0 Å². The highest BCUT2D eigenvalue weighted by Gasteiger charge is 2.28. The second-order valence-corrected chi connectivity index (χ2v) is 5.24. The molecule has 1 aliphatic rings. The average molecular weight is 234 g/mol. The number of benzene rings is 1. The molecule has 2 rings (SSSR count). The fourth-order valence-electron chi connectivity index (χ4n) is 2.44. The molecule has 0 radical (unpaired) electrons. The van der Waals surface area contributed by atoms with Crippen LogP contribution < -0.4 is 0 Å². The van der Waals surface area contributed by atoms with Gasteiger partial charge >= 0.3 is 0 Å². The van der Waals surface area contributed by atoms with Crippen LogP contribution >= 0.6 is 0 Å². The second kappa shape index (κ2) is 5.19. The van der Waals surface area contributed by atoms with E-state index in [1.54, 1.807) is 0 Å². The summed E-state index contributed by atoms with van der Waals surface area (Å²) in [5.74, 6) is 0. The van der Waals surface area contributed by atoms with Crippen LogP contribution in [0.3, 0.4) is 0 Å². The normalized spacial score (nSPS) is 21.5. The summed E-state index contributed by atoms with van der Waals surface area (Å²) >= 11 is 0. The minimum atomic E-state index is -0.284. The van der Waals surface area contributed by atoms with E-state index in [1.807, 2.05) is 0 Å². The molecular formula is C15H22O2. The summed E-state index contributed by atoms with van der Waals surface area (Å²) in [5.41, 5.74) is 2.23. The van der Waals surface area contributed by atoms with E-state index in [1.165, 1.54) is 17.5 Å². The van der Waals surface area contributed by atoms with E-state index >= 15 is 0 Å². The third kappa shape index (κ3) is 3.08. The fourth-order valence-corrected chi connectivity index (χ4v) is 2.44. The van der Waals surface area contributed by atoms with Gasteiger partial charge in [0, 0.05) is 6.61 Å². The summed E-state index contributed by atoms with van der Waals surface area (Å²) in [5, 5.41) is 0. The molecule has 0 aromatic heterocycles. The molecule has 0 saturated carbocycles. The molecule has 0 aliphatic carbocycles. The van der Waals surface area contributed by atoms with Gasteiger partial charge < -0.3 is 9.47 Å². The molecule has 1 saturated heterocycles. The van der Waals surface area contributed by atoms with Crippen LogP contribution in [0.4, 0.5) is 0 Å². The van der Waals surface area contributed by atoms with Crippen LogP contribution in [0.25, 0.3) is 0 Å². The minimum Gasteiger partial charge on any atom is -0.353 e. The Morgan fingerprint density at radius 1 is 1.24 bits per heavy atom. The first kappa shape index (κ1) is 12.6. The Morgan fingerprint density at radius 3 is 2.65 bits per heavy atom. The van der Waals surface area contributed by atoms with Crippen molar-refractivity contribution in [2.75, 3.05) is 6.61 Å². The molecule has 2 nitrogen and oxygen atoms in total. The lowest BCUT2D eigenvalue weighted by Gasteiger charge is -2.34. The van der Waals surface area contributed by atoms with E-state index in [4.69, 9.17) is 9.47 Å². The smallest absolute Gasteiger partial charge is 0.158 e. The molecule has 2 heteroatoms. The molecule has 1 aromatic rings. The van der Waals surface area contributed by atoms with E-state index in [0.29, 0.717) is 0 Å². The quantitative estimate of drug-likeness (QED) is 0.792. The number of hydrogen-bond donors (Lipinski definition) is 0. The third-order valence-corrected chi connectivity index (χ3v) is 3.36. The fraction of sp³-hybridized carbons (Fsp3) is 0.600. The Labute approximate surface area is 104 Å². The summed E-state index contributed by atoms with van der Waals surface area (Å²) in [6.07, 6.45) is 3.33. The Hall–Kier alpha value is -0.860. The number of ether oxygens (including phenoxy) is 2. The first-order valence-electron chi connectivity index (χ1n) is 6.45. The summed E-state index contributed by atoms with van der Waals surface area (Å²) < 4.78 is 11.8. The van der Waals surface area contributed by atoms with Gasteiger partial charge in [0.1, 0.15) is 0 Å². The van der Waals surface area contributed by atoms with Crippen molar-refractivity contribution in [2.24, 2.45) is 0 Å². The zero-order valence-electron chi connectivity index (χ0n) is 11.0. The number of aryl methyl sites for hydroxylation is 1. The molecule has 1 atom stereocenters. The van der Waals surface area contributed by atoms with Crippen molar-refractivity contribution in [2.45, 2.75) is 51.9 Å². The zero-order chi connectivity index (χ0) is 12.3. The summed E-state index contributed by atoms with van der Waals surface area (Å²) in [6.45, 7) is 7.19. The molecule has 0 amide bonds. The van der Waals surface area contributed by atoms with Crippen LogP contribution in [0.2, 0.25) is 0 Å². The first-order chi connectivity index (χ1) is 8.09. The van der Waals surface area contributed by atoms with Crippen LogP contribution in [0.5, 0.6) is 0 Å². The third-order valence-electron chi connectivity index (χ3n) is 3.36. The molecule has 1 unspecified atom stereocenters. The molecule has 0 spiro atoms. The van der Waals surface area contributed by atoms with Crippen LogP contribution in [0.15, 0.2) is 24.3 Å². The largest absolute Gasteiger partial charge is 0.353 e. The van der Waals surface area contributed by atoms with Gasteiger partial charge in [-0.3, -0.25) is 0 Å². The highest BCUT2D eigenvalue weighted by molar-refractivity contribution is 5.30. The summed E-state index contributed by atoms with van der Waals surface area (Å²) in [6, 6.07) is 8.39. The second-order valence-electron chi connectivity index (χ2n) is 5.24. The maximum atomic E-state index is 6.12. The van der Waals surface area contributed by atoms with Crippen molar-refractivity contribution in [3.8, 4) is 0 Å². The monoisotopic (exact) mass is 234 g/mol. The van der Waals surface area contributed by atoms with Gasteiger partial charge in [0.25, 0.3) is 0 Å². The Morgan fingerprint density at radius 2 is 2.00 bits per heavy atom. The van der Waals surface area contributed by atoms with Gasteiger partial charge in [0.05, 0.1) is 5.60 Å². The van der Waals surface area contributed by atoms with E-state index in [9.17, 15) is 0 Å². The highest BCUT2D eigenvalue weighted by atomic mass is 16.7. The van der Waals surface area contributed by atoms with Crippen molar-refractivity contribution in [3.63, 3.8) is 0 Å². The van der Waals surface area contributed by atoms with Gasteiger partial charge in [-0.2, -0.15) is 0 Å². The maximum absolute atomic E-state index is 6.12. The Balaban J connectivity index is 2.10. The Kier molecular flexibility index (Phi) is 3.85. The lowest BCUT2D eigenvalue weighted by Crippen LogP contribution is -2.32. The van der Waals surface area contributed by atoms with Crippen LogP contribution in [-0.4, -0.2) is 12.9 Å². The topological polar surface area (TPSA) is 18.5 Å². The van der Waals surface area contributed by atoms with Gasteiger partial charge in [-0.1, -0.05) is 24.3 Å². The van der Waals surface area contributed by atoms with Crippen molar-refractivity contribution < 1.29 is 9.47 Å². The van der Waals surface area contributed by atoms with Gasteiger partial charge in [0.2, 0.25) is 0 Å². The predicted molar refractivity (Wildman–Crippen MR) is 68.9 cm³/mol. The summed E-state index contributed by atoms with van der Waals surface area (Å²) in [7, 11) is 0. The molecule has 1 aromatic carbocycles. The molecule has 1 heterocycles. The van der Waals surface area contributed by atoms with Gasteiger partial charge in [-0.05, 0) is 51.2 Å². The van der Waals surface area contributed by atoms with Crippen molar-refractivity contribution in [1.82, 2.24) is 0 Å². The molecule has 0 bridgehead atoms. The maximum Gasteiger partial charge on any atom is 0.158 e. The van der Waals surface area contributed by atoms with Gasteiger partial charge in [0.15, 0.2) is 6.29 Å². The molecule has 0 N–H and O–H groups in total. The highest BCUT2D eigenvalue weighted by Crippen LogP contribution is 2.31. The first-order valence-corrected chi connectivity index (χ1v) is 6.45. The van der Waals surface area contributed by atoms with E-state index < -0.39 is 0 Å². The van der Waals surface area contributed by atoms with Gasteiger partial charge in [-0.25, -0.2) is 0 Å². The standard InChI is InChI=1S/C15H22O2/c1-12-8-4-5-9-13(12)15(2,3)17-14-10-6-7-11-16-14/h4-5,8-9,14H,6-7,10-11H2,1-3H3. The summed E-state index contributed by atoms with van der Waals surface area (Å²) in [4.78, 5) is 0. The number of rotatable bonds is 3. The van der Waals surface area contributed by atoms with Crippen LogP contribution in [-0.2, 0) is 15.1 Å². The van der Waals surface area contributed by atoms with E-state index in [-0.39, 0.29) is 11.9 Å². The lowest BCUT2D eigenvalue weighted by atomic mass is 9.93. The van der Waals surface area contributed by atoms with Crippen molar-refractivity contribution in [3.05, 3.63) is 35.4 Å². The number of hydrogen-bond acceptors (Lipinski definition) is 2. The minimum absolute atomic E-state index is 0.0432. The SMILES string of the molecule is Cc1ccccc1C(C)(C)OC1CCCCO1. The predicted octanol–water partition coefficient (Wildman–Crippen LogP) is 3.77. The average Bonchev–Trinajstić information content (AvgIpc) is 2.30. The van der Waals surface area contributed by atoms with E-state index in [2.05, 4.69) is 45.0 Å².